The average Bonchev–Trinajstić information content (AvgIpc) is 3.27. The monoisotopic (exact) mass is 353 g/mol. The third-order valence-electron chi connectivity index (χ3n) is 5.59. The van der Waals surface area contributed by atoms with Crippen molar-refractivity contribution in [2.45, 2.75) is 19.9 Å². The Hall–Kier alpha value is -2.18. The van der Waals surface area contributed by atoms with E-state index in [9.17, 15) is 4.79 Å². The predicted octanol–water partition coefficient (Wildman–Crippen LogP) is 1.40. The van der Waals surface area contributed by atoms with Gasteiger partial charge in [0.05, 0.1) is 6.54 Å². The second-order valence-corrected chi connectivity index (χ2v) is 7.21. The van der Waals surface area contributed by atoms with E-state index < -0.39 is 0 Å². The normalized spacial score (nSPS) is 18.3. The molecule has 2 aromatic rings. The van der Waals surface area contributed by atoms with Crippen LogP contribution in [-0.4, -0.2) is 71.1 Å². The molecule has 1 aromatic carbocycles. The number of para-hydroxylation sites is 1. The Morgan fingerprint density at radius 1 is 1.04 bits per heavy atom. The third kappa shape index (κ3) is 3.66. The van der Waals surface area contributed by atoms with Crippen LogP contribution >= 0.6 is 0 Å². The van der Waals surface area contributed by atoms with E-state index in [1.807, 2.05) is 30.3 Å². The number of aromatic nitrogens is 2. The summed E-state index contributed by atoms with van der Waals surface area (Å²) in [4.78, 5) is 23.7. The van der Waals surface area contributed by atoms with Crippen molar-refractivity contribution in [3.05, 3.63) is 48.0 Å². The first kappa shape index (κ1) is 17.2. The average molecular weight is 353 g/mol. The molecular weight excluding hydrogens is 326 g/mol. The van der Waals surface area contributed by atoms with Crippen molar-refractivity contribution in [3.63, 3.8) is 0 Å². The summed E-state index contributed by atoms with van der Waals surface area (Å²) < 4.78 is 2.20. The maximum Gasteiger partial charge on any atom is 0.241 e. The van der Waals surface area contributed by atoms with E-state index in [2.05, 4.69) is 37.5 Å². The minimum absolute atomic E-state index is 0.234. The smallest absolute Gasteiger partial charge is 0.241 e. The number of carbonyl (C=O) groups is 1. The van der Waals surface area contributed by atoms with Crippen LogP contribution in [0.5, 0.6) is 0 Å². The third-order valence-corrected chi connectivity index (χ3v) is 5.59. The van der Waals surface area contributed by atoms with Gasteiger partial charge in [-0.25, -0.2) is 4.98 Å². The minimum Gasteiger partial charge on any atom is -0.334 e. The quantitative estimate of drug-likeness (QED) is 0.815. The summed E-state index contributed by atoms with van der Waals surface area (Å²) in [6.45, 7) is 9.39. The lowest BCUT2D eigenvalue weighted by molar-refractivity contribution is -0.120. The number of hydrogen-bond donors (Lipinski definition) is 0. The standard InChI is InChI=1S/C20H27N5O/c1-17-21-7-9-24(17)15-14-22-10-12-23(13-11-22)16-20(26)25-8-6-18-4-2-3-5-19(18)25/h2-5,7,9H,6,8,10-16H2,1H3. The van der Waals surface area contributed by atoms with Crippen LogP contribution in [0, 0.1) is 6.92 Å². The van der Waals surface area contributed by atoms with Crippen LogP contribution in [-0.2, 0) is 17.8 Å². The summed E-state index contributed by atoms with van der Waals surface area (Å²) in [6.07, 6.45) is 4.87. The fourth-order valence-electron chi connectivity index (χ4n) is 3.93. The fourth-order valence-corrected chi connectivity index (χ4v) is 3.93. The molecule has 0 N–H and O–H groups in total. The van der Waals surface area contributed by atoms with E-state index >= 15 is 0 Å². The number of benzene rings is 1. The van der Waals surface area contributed by atoms with Crippen molar-refractivity contribution >= 4 is 11.6 Å². The van der Waals surface area contributed by atoms with E-state index in [1.165, 1.54) is 5.56 Å². The van der Waals surface area contributed by atoms with Crippen LogP contribution in [0.4, 0.5) is 5.69 Å². The Labute approximate surface area is 155 Å². The molecule has 2 aliphatic rings. The Bertz CT molecular complexity index is 763. The van der Waals surface area contributed by atoms with E-state index in [0.29, 0.717) is 6.54 Å². The van der Waals surface area contributed by atoms with Gasteiger partial charge in [0.15, 0.2) is 0 Å². The molecule has 1 amide bonds. The fraction of sp³-hybridized carbons (Fsp3) is 0.500. The van der Waals surface area contributed by atoms with E-state index in [1.54, 1.807) is 0 Å². The lowest BCUT2D eigenvalue weighted by Gasteiger charge is -2.35. The molecule has 6 heteroatoms. The zero-order valence-electron chi connectivity index (χ0n) is 15.5. The first-order valence-corrected chi connectivity index (χ1v) is 9.51. The Morgan fingerprint density at radius 3 is 2.58 bits per heavy atom. The van der Waals surface area contributed by atoms with Gasteiger partial charge in [-0.15, -0.1) is 0 Å². The second kappa shape index (κ2) is 7.60. The van der Waals surface area contributed by atoms with Gasteiger partial charge in [0.25, 0.3) is 0 Å². The molecule has 0 bridgehead atoms. The van der Waals surface area contributed by atoms with Crippen molar-refractivity contribution < 1.29 is 4.79 Å². The molecule has 0 saturated carbocycles. The van der Waals surface area contributed by atoms with Gasteiger partial charge in [0.1, 0.15) is 5.82 Å². The number of piperazine rings is 1. The highest BCUT2D eigenvalue weighted by Gasteiger charge is 2.26. The molecule has 0 spiro atoms. The van der Waals surface area contributed by atoms with Crippen LogP contribution < -0.4 is 4.90 Å². The molecule has 26 heavy (non-hydrogen) atoms. The van der Waals surface area contributed by atoms with Gasteiger partial charge in [0, 0.05) is 63.9 Å². The van der Waals surface area contributed by atoms with Gasteiger partial charge in [-0.05, 0) is 25.0 Å². The number of carbonyl (C=O) groups excluding carboxylic acids is 1. The highest BCUT2D eigenvalue weighted by Crippen LogP contribution is 2.27. The van der Waals surface area contributed by atoms with Gasteiger partial charge in [0.2, 0.25) is 5.91 Å². The molecule has 1 saturated heterocycles. The van der Waals surface area contributed by atoms with Crippen molar-refractivity contribution in [2.75, 3.05) is 50.7 Å². The van der Waals surface area contributed by atoms with Gasteiger partial charge in [-0.2, -0.15) is 0 Å². The highest BCUT2D eigenvalue weighted by molar-refractivity contribution is 5.96. The van der Waals surface area contributed by atoms with Crippen molar-refractivity contribution in [1.29, 1.82) is 0 Å². The van der Waals surface area contributed by atoms with Crippen LogP contribution in [0.1, 0.15) is 11.4 Å². The first-order chi connectivity index (χ1) is 12.7. The van der Waals surface area contributed by atoms with Gasteiger partial charge >= 0.3 is 0 Å². The molecule has 4 rings (SSSR count). The zero-order valence-corrected chi connectivity index (χ0v) is 15.5. The molecule has 0 atom stereocenters. The zero-order chi connectivity index (χ0) is 17.9. The number of nitrogens with zero attached hydrogens (tertiary/aromatic N) is 5. The summed E-state index contributed by atoms with van der Waals surface area (Å²) in [5, 5.41) is 0. The molecule has 0 unspecified atom stereocenters. The highest BCUT2D eigenvalue weighted by atomic mass is 16.2. The van der Waals surface area contributed by atoms with Crippen molar-refractivity contribution in [2.24, 2.45) is 0 Å². The van der Waals surface area contributed by atoms with Crippen molar-refractivity contribution in [3.8, 4) is 0 Å². The van der Waals surface area contributed by atoms with Gasteiger partial charge in [-0.1, -0.05) is 18.2 Å². The summed E-state index contributed by atoms with van der Waals surface area (Å²) in [7, 11) is 0. The molecule has 0 radical (unpaired) electrons. The Kier molecular flexibility index (Phi) is 5.04. The largest absolute Gasteiger partial charge is 0.334 e. The molecule has 1 fully saturated rings. The van der Waals surface area contributed by atoms with Crippen LogP contribution in [0.3, 0.4) is 0 Å². The Balaban J connectivity index is 1.24. The summed E-state index contributed by atoms with van der Waals surface area (Å²) in [5.74, 6) is 1.30. The SMILES string of the molecule is Cc1nccn1CCN1CCN(CC(=O)N2CCc3ccccc32)CC1. The number of rotatable bonds is 5. The van der Waals surface area contributed by atoms with Crippen molar-refractivity contribution in [1.82, 2.24) is 19.4 Å². The number of hydrogen-bond acceptors (Lipinski definition) is 4. The van der Waals surface area contributed by atoms with E-state index in [-0.39, 0.29) is 5.91 Å². The Morgan fingerprint density at radius 2 is 1.81 bits per heavy atom. The lowest BCUT2D eigenvalue weighted by atomic mass is 10.2. The molecule has 3 heterocycles. The number of fused-ring (bicyclic) bond motifs is 1. The topological polar surface area (TPSA) is 44.6 Å². The maximum absolute atomic E-state index is 12.7. The molecule has 0 aliphatic carbocycles. The summed E-state index contributed by atoms with van der Waals surface area (Å²) >= 11 is 0. The predicted molar refractivity (Wildman–Crippen MR) is 102 cm³/mol. The summed E-state index contributed by atoms with van der Waals surface area (Å²) in [5.41, 5.74) is 2.40. The maximum atomic E-state index is 12.7. The number of amides is 1. The first-order valence-electron chi connectivity index (χ1n) is 9.51. The summed E-state index contributed by atoms with van der Waals surface area (Å²) in [6, 6.07) is 8.27. The minimum atomic E-state index is 0.234. The number of imidazole rings is 1. The molecule has 1 aromatic heterocycles. The van der Waals surface area contributed by atoms with Crippen LogP contribution in [0.25, 0.3) is 0 Å². The lowest BCUT2D eigenvalue weighted by Crippen LogP contribution is -2.50. The van der Waals surface area contributed by atoms with Crippen LogP contribution in [0.2, 0.25) is 0 Å². The van der Waals surface area contributed by atoms with E-state index in [0.717, 1.165) is 63.7 Å². The molecular formula is C20H27N5O. The number of anilines is 1. The van der Waals surface area contributed by atoms with Crippen LogP contribution in [0.15, 0.2) is 36.7 Å². The van der Waals surface area contributed by atoms with Gasteiger partial charge in [-0.3, -0.25) is 14.6 Å². The second-order valence-electron chi connectivity index (χ2n) is 7.21. The molecule has 138 valence electrons. The van der Waals surface area contributed by atoms with Gasteiger partial charge < -0.3 is 9.47 Å². The molecule has 6 nitrogen and oxygen atoms in total. The van der Waals surface area contributed by atoms with E-state index in [4.69, 9.17) is 0 Å². The number of aryl methyl sites for hydroxylation is 1. The molecule has 2 aliphatic heterocycles.